The molecule has 0 radical (unpaired) electrons. The molecule has 2 N–H and O–H groups in total. The third kappa shape index (κ3) is 3.21. The van der Waals surface area contributed by atoms with Crippen molar-refractivity contribution in [2.75, 3.05) is 18.1 Å². The Morgan fingerprint density at radius 2 is 1.90 bits per heavy atom. The molecule has 1 saturated carbocycles. The molecule has 0 aromatic rings. The van der Waals surface area contributed by atoms with Gasteiger partial charge >= 0.3 is 5.97 Å². The van der Waals surface area contributed by atoms with E-state index in [1.807, 2.05) is 6.92 Å². The highest BCUT2D eigenvalue weighted by Gasteiger charge is 2.66. The highest BCUT2D eigenvalue weighted by molar-refractivity contribution is 7.92. The maximum atomic E-state index is 11.9. The molecule has 2 atom stereocenters. The second-order valence-electron chi connectivity index (χ2n) is 5.81. The molecule has 21 heavy (non-hydrogen) atoms. The normalized spacial score (nSPS) is 27.7. The number of aliphatic carboxylic acids is 1. The molecule has 1 aliphatic carbocycles. The first-order chi connectivity index (χ1) is 9.52. The van der Waals surface area contributed by atoms with E-state index in [0.29, 0.717) is 6.61 Å². The number of carboxylic acid groups (broad SMARTS) is 1. The zero-order chi connectivity index (χ0) is 16.5. The molecule has 122 valence electrons. The summed E-state index contributed by atoms with van der Waals surface area (Å²) in [5.41, 5.74) is -2.31. The summed E-state index contributed by atoms with van der Waals surface area (Å²) < 4.78 is 28.4. The third-order valence-corrected chi connectivity index (χ3v) is 5.85. The van der Waals surface area contributed by atoms with Crippen molar-refractivity contribution in [3.8, 4) is 0 Å². The zero-order valence-corrected chi connectivity index (χ0v) is 13.6. The van der Waals surface area contributed by atoms with Crippen molar-refractivity contribution in [1.29, 1.82) is 0 Å². The Kier molecular flexibility index (Phi) is 5.05. The maximum Gasteiger partial charge on any atom is 0.330 e. The summed E-state index contributed by atoms with van der Waals surface area (Å²) in [5.74, 6) is -2.83. The third-order valence-electron chi connectivity index (χ3n) is 4.27. The Hall–Kier alpha value is -1.15. The quantitative estimate of drug-likeness (QED) is 0.693. The van der Waals surface area contributed by atoms with Crippen LogP contribution in [0.15, 0.2) is 0 Å². The van der Waals surface area contributed by atoms with Gasteiger partial charge in [-0.2, -0.15) is 0 Å². The van der Waals surface area contributed by atoms with Crippen LogP contribution in [-0.4, -0.2) is 55.2 Å². The number of carbonyl (C=O) groups excluding carboxylic acids is 1. The van der Waals surface area contributed by atoms with Crippen LogP contribution in [0.25, 0.3) is 0 Å². The fraction of sp³-hybridized carbons (Fsp3) is 0.846. The van der Waals surface area contributed by atoms with E-state index in [0.717, 1.165) is 0 Å². The predicted octanol–water partition coefficient (Wildman–Crippen LogP) is 0.196. The second kappa shape index (κ2) is 5.92. The van der Waals surface area contributed by atoms with Crippen LogP contribution in [-0.2, 0) is 24.2 Å². The standard InChI is InChI=1S/C13H23NO6S/c1-5-20-9-7-13(11(16)17,12(9,3)4)14-10(15)8-21(18,19)6-2/h9H,5-8H2,1-4H3,(H,14,15)(H,16,17). The minimum atomic E-state index is -3.50. The van der Waals surface area contributed by atoms with E-state index in [1.54, 1.807) is 13.8 Å². The smallest absolute Gasteiger partial charge is 0.330 e. The molecular formula is C13H23NO6S. The van der Waals surface area contributed by atoms with E-state index in [-0.39, 0.29) is 18.3 Å². The molecule has 0 aromatic carbocycles. The van der Waals surface area contributed by atoms with Gasteiger partial charge in [0, 0.05) is 24.2 Å². The van der Waals surface area contributed by atoms with E-state index in [2.05, 4.69) is 5.32 Å². The highest BCUT2D eigenvalue weighted by atomic mass is 32.2. The number of rotatable bonds is 7. The van der Waals surface area contributed by atoms with Crippen LogP contribution >= 0.6 is 0 Å². The number of nitrogens with one attached hydrogen (secondary N) is 1. The molecule has 1 amide bonds. The number of hydrogen-bond donors (Lipinski definition) is 2. The van der Waals surface area contributed by atoms with Crippen molar-refractivity contribution < 1.29 is 27.9 Å². The Labute approximate surface area is 125 Å². The summed E-state index contributed by atoms with van der Waals surface area (Å²) in [6.45, 7) is 7.08. The van der Waals surface area contributed by atoms with Gasteiger partial charge in [0.05, 0.1) is 6.10 Å². The molecule has 0 saturated heterocycles. The van der Waals surface area contributed by atoms with Crippen LogP contribution in [0.2, 0.25) is 0 Å². The van der Waals surface area contributed by atoms with Crippen LogP contribution in [0, 0.1) is 5.41 Å². The highest BCUT2D eigenvalue weighted by Crippen LogP contribution is 2.51. The van der Waals surface area contributed by atoms with Gasteiger partial charge in [0.1, 0.15) is 11.3 Å². The summed E-state index contributed by atoms with van der Waals surface area (Å²) in [4.78, 5) is 23.5. The van der Waals surface area contributed by atoms with Gasteiger partial charge in [-0.05, 0) is 6.92 Å². The molecule has 1 fully saturated rings. The van der Waals surface area contributed by atoms with Gasteiger partial charge in [-0.25, -0.2) is 13.2 Å². The molecule has 0 spiro atoms. The second-order valence-corrected chi connectivity index (χ2v) is 8.16. The molecule has 7 nitrogen and oxygen atoms in total. The maximum absolute atomic E-state index is 11.9. The topological polar surface area (TPSA) is 110 Å². The van der Waals surface area contributed by atoms with Gasteiger partial charge in [-0.15, -0.1) is 0 Å². The predicted molar refractivity (Wildman–Crippen MR) is 76.6 cm³/mol. The van der Waals surface area contributed by atoms with Gasteiger partial charge < -0.3 is 15.2 Å². The van der Waals surface area contributed by atoms with Crippen LogP contribution in [0.3, 0.4) is 0 Å². The van der Waals surface area contributed by atoms with Gasteiger partial charge in [0.15, 0.2) is 9.84 Å². The van der Waals surface area contributed by atoms with Gasteiger partial charge in [-0.1, -0.05) is 20.8 Å². The number of amides is 1. The molecule has 0 bridgehead atoms. The summed E-state index contributed by atoms with van der Waals surface area (Å²) in [6.07, 6.45) is -0.164. The average molecular weight is 321 g/mol. The van der Waals surface area contributed by atoms with E-state index in [1.165, 1.54) is 6.92 Å². The zero-order valence-electron chi connectivity index (χ0n) is 12.8. The lowest BCUT2D eigenvalue weighted by Gasteiger charge is -2.58. The molecule has 8 heteroatoms. The number of hydrogen-bond acceptors (Lipinski definition) is 5. The van der Waals surface area contributed by atoms with Gasteiger partial charge in [-0.3, -0.25) is 4.79 Å². The number of carboxylic acids is 1. The number of sulfone groups is 1. The minimum absolute atomic E-state index is 0.126. The first-order valence-corrected chi connectivity index (χ1v) is 8.71. The molecule has 1 rings (SSSR count). The van der Waals surface area contributed by atoms with E-state index in [9.17, 15) is 23.1 Å². The van der Waals surface area contributed by atoms with Crippen molar-refractivity contribution in [2.45, 2.75) is 45.8 Å². The van der Waals surface area contributed by atoms with Crippen molar-refractivity contribution in [2.24, 2.45) is 5.41 Å². The molecule has 0 aliphatic heterocycles. The van der Waals surface area contributed by atoms with Crippen LogP contribution in [0.1, 0.15) is 34.1 Å². The Morgan fingerprint density at radius 3 is 2.29 bits per heavy atom. The molecular weight excluding hydrogens is 298 g/mol. The first kappa shape index (κ1) is 17.9. The minimum Gasteiger partial charge on any atom is -0.479 e. The Bertz CT molecular complexity index is 527. The summed E-state index contributed by atoms with van der Waals surface area (Å²) in [7, 11) is -3.50. The summed E-state index contributed by atoms with van der Waals surface area (Å²) >= 11 is 0. The van der Waals surface area contributed by atoms with E-state index < -0.39 is 38.4 Å². The average Bonchev–Trinajstić information content (AvgIpc) is 2.36. The fourth-order valence-electron chi connectivity index (χ4n) is 2.61. The van der Waals surface area contributed by atoms with E-state index in [4.69, 9.17) is 4.74 Å². The van der Waals surface area contributed by atoms with Crippen molar-refractivity contribution in [3.05, 3.63) is 0 Å². The van der Waals surface area contributed by atoms with Gasteiger partial charge in [0.2, 0.25) is 5.91 Å². The Balaban J connectivity index is 2.91. The van der Waals surface area contributed by atoms with Crippen LogP contribution < -0.4 is 5.32 Å². The van der Waals surface area contributed by atoms with Crippen molar-refractivity contribution in [3.63, 3.8) is 0 Å². The fourth-order valence-corrected chi connectivity index (χ4v) is 3.29. The SMILES string of the molecule is CCOC1CC(NC(=O)CS(=O)(=O)CC)(C(=O)O)C1(C)C. The summed E-state index contributed by atoms with van der Waals surface area (Å²) in [6, 6.07) is 0. The van der Waals surface area contributed by atoms with Crippen LogP contribution in [0.5, 0.6) is 0 Å². The number of ether oxygens (including phenoxy) is 1. The van der Waals surface area contributed by atoms with Crippen LogP contribution in [0.4, 0.5) is 0 Å². The molecule has 1 aliphatic rings. The monoisotopic (exact) mass is 321 g/mol. The lowest BCUT2D eigenvalue weighted by atomic mass is 9.54. The molecule has 2 unspecified atom stereocenters. The lowest BCUT2D eigenvalue weighted by molar-refractivity contribution is -0.194. The van der Waals surface area contributed by atoms with Crippen molar-refractivity contribution in [1.82, 2.24) is 5.32 Å². The van der Waals surface area contributed by atoms with Crippen molar-refractivity contribution >= 4 is 21.7 Å². The molecule has 0 aromatic heterocycles. The number of carbonyl (C=O) groups is 2. The Morgan fingerprint density at radius 1 is 1.33 bits per heavy atom. The van der Waals surface area contributed by atoms with Gasteiger partial charge in [0.25, 0.3) is 0 Å². The van der Waals surface area contributed by atoms with E-state index >= 15 is 0 Å². The summed E-state index contributed by atoms with van der Waals surface area (Å²) in [5, 5.41) is 11.9. The molecule has 0 heterocycles. The lowest BCUT2D eigenvalue weighted by Crippen LogP contribution is -2.76. The first-order valence-electron chi connectivity index (χ1n) is 6.89. The largest absolute Gasteiger partial charge is 0.479 e.